The second kappa shape index (κ2) is 7.49. The van der Waals surface area contributed by atoms with Gasteiger partial charge < -0.3 is 10.1 Å². The molecule has 130 valence electrons. The van der Waals surface area contributed by atoms with Crippen molar-refractivity contribution in [3.05, 3.63) is 28.8 Å². The Morgan fingerprint density at radius 3 is 2.74 bits per heavy atom. The fourth-order valence-electron chi connectivity index (χ4n) is 2.87. The molecular weight excluding hydrogens is 336 g/mol. The summed E-state index contributed by atoms with van der Waals surface area (Å²) in [6, 6.07) is 5.15. The molecule has 1 aromatic carbocycles. The van der Waals surface area contributed by atoms with Gasteiger partial charge in [0.1, 0.15) is 4.90 Å². The molecule has 0 bridgehead atoms. The monoisotopic (exact) mass is 360 g/mol. The van der Waals surface area contributed by atoms with Crippen LogP contribution in [0.25, 0.3) is 0 Å². The van der Waals surface area contributed by atoms with Crippen LogP contribution >= 0.6 is 11.6 Å². The van der Waals surface area contributed by atoms with E-state index < -0.39 is 10.0 Å². The Hall–Kier alpha value is -0.660. The number of hydrogen-bond donors (Lipinski definition) is 2. The second-order valence-electron chi connectivity index (χ2n) is 6.41. The number of hydrogen-bond acceptors (Lipinski definition) is 4. The van der Waals surface area contributed by atoms with Gasteiger partial charge in [-0.25, -0.2) is 13.1 Å². The van der Waals surface area contributed by atoms with Crippen molar-refractivity contribution in [2.24, 2.45) is 0 Å². The number of benzene rings is 1. The molecule has 0 aromatic heterocycles. The predicted octanol–water partition coefficient (Wildman–Crippen LogP) is 2.51. The average Bonchev–Trinajstić information content (AvgIpc) is 2.95. The van der Waals surface area contributed by atoms with E-state index in [9.17, 15) is 8.42 Å². The summed E-state index contributed by atoms with van der Waals surface area (Å²) in [6.45, 7) is 5.65. The number of methoxy groups -OCH3 is 1. The summed E-state index contributed by atoms with van der Waals surface area (Å²) < 4.78 is 33.3. The van der Waals surface area contributed by atoms with Crippen molar-refractivity contribution in [2.75, 3.05) is 26.8 Å². The Balaban J connectivity index is 2.20. The summed E-state index contributed by atoms with van der Waals surface area (Å²) >= 11 is 6.12. The Morgan fingerprint density at radius 1 is 1.43 bits per heavy atom. The molecule has 1 atom stereocenters. The summed E-state index contributed by atoms with van der Waals surface area (Å²) in [5.74, 6) is 0.234. The van der Waals surface area contributed by atoms with Gasteiger partial charge in [-0.2, -0.15) is 0 Å². The van der Waals surface area contributed by atoms with Crippen molar-refractivity contribution >= 4 is 21.6 Å². The van der Waals surface area contributed by atoms with Crippen LogP contribution in [0.15, 0.2) is 23.1 Å². The van der Waals surface area contributed by atoms with E-state index in [4.69, 9.17) is 16.3 Å². The third kappa shape index (κ3) is 4.45. The van der Waals surface area contributed by atoms with Crippen LogP contribution in [-0.2, 0) is 14.8 Å². The zero-order chi connectivity index (χ0) is 17.1. The summed E-state index contributed by atoms with van der Waals surface area (Å²) in [7, 11) is -2.04. The lowest BCUT2D eigenvalue weighted by atomic mass is 9.99. The predicted molar refractivity (Wildman–Crippen MR) is 92.6 cm³/mol. The summed E-state index contributed by atoms with van der Waals surface area (Å²) in [4.78, 5) is 0.135. The molecule has 23 heavy (non-hydrogen) atoms. The van der Waals surface area contributed by atoms with Gasteiger partial charge in [-0.05, 0) is 43.0 Å². The molecule has 1 aliphatic rings. The molecule has 1 aliphatic heterocycles. The zero-order valence-electron chi connectivity index (χ0n) is 13.9. The van der Waals surface area contributed by atoms with Crippen molar-refractivity contribution in [1.29, 1.82) is 0 Å². The molecule has 1 heterocycles. The minimum Gasteiger partial charge on any atom is -0.383 e. The van der Waals surface area contributed by atoms with E-state index in [1.54, 1.807) is 19.2 Å². The van der Waals surface area contributed by atoms with E-state index >= 15 is 0 Å². The van der Waals surface area contributed by atoms with Gasteiger partial charge in [0, 0.05) is 13.7 Å². The molecule has 7 heteroatoms. The van der Waals surface area contributed by atoms with Crippen LogP contribution in [-0.4, -0.2) is 40.8 Å². The van der Waals surface area contributed by atoms with Crippen molar-refractivity contribution < 1.29 is 13.2 Å². The zero-order valence-corrected chi connectivity index (χ0v) is 15.4. The number of nitrogens with one attached hydrogen (secondary N) is 2. The highest BCUT2D eigenvalue weighted by Gasteiger charge is 2.35. The first-order valence-corrected chi connectivity index (χ1v) is 9.69. The van der Waals surface area contributed by atoms with E-state index in [0.29, 0.717) is 6.61 Å². The summed E-state index contributed by atoms with van der Waals surface area (Å²) in [5.41, 5.74) is 0.601. The van der Waals surface area contributed by atoms with Crippen LogP contribution < -0.4 is 10.0 Å². The minimum atomic E-state index is -3.67. The van der Waals surface area contributed by atoms with Crippen molar-refractivity contribution in [1.82, 2.24) is 10.0 Å². The number of halogens is 1. The quantitative estimate of drug-likeness (QED) is 0.784. The molecule has 1 fully saturated rings. The second-order valence-corrected chi connectivity index (χ2v) is 8.56. The van der Waals surface area contributed by atoms with Crippen molar-refractivity contribution in [2.45, 2.75) is 43.0 Å². The summed E-state index contributed by atoms with van der Waals surface area (Å²) in [5, 5.41) is 3.59. The normalized spacial score (nSPS) is 22.0. The van der Waals surface area contributed by atoms with Crippen LogP contribution in [0.5, 0.6) is 0 Å². The van der Waals surface area contributed by atoms with Gasteiger partial charge in [-0.1, -0.05) is 31.5 Å². The minimum absolute atomic E-state index is 0.135. The van der Waals surface area contributed by atoms with Crippen LogP contribution in [0.4, 0.5) is 0 Å². The van der Waals surface area contributed by atoms with E-state index in [1.807, 2.05) is 19.9 Å². The maximum absolute atomic E-state index is 12.7. The molecule has 0 amide bonds. The van der Waals surface area contributed by atoms with Gasteiger partial charge in [-0.3, -0.25) is 0 Å². The fraction of sp³-hybridized carbons (Fsp3) is 0.625. The highest BCUT2D eigenvalue weighted by molar-refractivity contribution is 7.89. The van der Waals surface area contributed by atoms with E-state index in [-0.39, 0.29) is 27.9 Å². The third-order valence-electron chi connectivity index (χ3n) is 4.26. The van der Waals surface area contributed by atoms with E-state index in [0.717, 1.165) is 24.9 Å². The maximum atomic E-state index is 12.7. The van der Waals surface area contributed by atoms with Crippen molar-refractivity contribution in [3.8, 4) is 0 Å². The molecule has 1 unspecified atom stereocenters. The Morgan fingerprint density at radius 2 is 2.17 bits per heavy atom. The molecule has 0 radical (unpaired) electrons. The molecule has 5 nitrogen and oxygen atoms in total. The first-order valence-electron chi connectivity index (χ1n) is 7.83. The third-order valence-corrected chi connectivity index (χ3v) is 6.15. The van der Waals surface area contributed by atoms with Crippen LogP contribution in [0.1, 0.15) is 38.2 Å². The van der Waals surface area contributed by atoms with Gasteiger partial charge in [0.05, 0.1) is 17.2 Å². The van der Waals surface area contributed by atoms with Crippen molar-refractivity contribution in [3.63, 3.8) is 0 Å². The van der Waals surface area contributed by atoms with Crippen LogP contribution in [0, 0.1) is 0 Å². The van der Waals surface area contributed by atoms with E-state index in [2.05, 4.69) is 10.0 Å². The van der Waals surface area contributed by atoms with Gasteiger partial charge in [0.15, 0.2) is 0 Å². The lowest BCUT2D eigenvalue weighted by Gasteiger charge is -2.29. The maximum Gasteiger partial charge on any atom is 0.242 e. The molecule has 1 aromatic rings. The molecule has 0 aliphatic carbocycles. The van der Waals surface area contributed by atoms with Gasteiger partial charge in [0.25, 0.3) is 0 Å². The van der Waals surface area contributed by atoms with Gasteiger partial charge in [-0.15, -0.1) is 0 Å². The highest BCUT2D eigenvalue weighted by Crippen LogP contribution is 2.27. The fourth-order valence-corrected chi connectivity index (χ4v) is 4.53. The SMILES string of the molecule is COCC1(CNS(=O)(=O)c2cc(C(C)C)ccc2Cl)CCCN1. The molecule has 1 saturated heterocycles. The molecular formula is C16H25ClN2O3S. The Labute approximate surface area is 143 Å². The highest BCUT2D eigenvalue weighted by atomic mass is 35.5. The van der Waals surface area contributed by atoms with Gasteiger partial charge >= 0.3 is 0 Å². The smallest absolute Gasteiger partial charge is 0.242 e. The topological polar surface area (TPSA) is 67.4 Å². The first kappa shape index (κ1) is 18.7. The number of rotatable bonds is 7. The number of ether oxygens (including phenoxy) is 1. The molecule has 0 saturated carbocycles. The van der Waals surface area contributed by atoms with Crippen LogP contribution in [0.2, 0.25) is 5.02 Å². The van der Waals surface area contributed by atoms with E-state index in [1.165, 1.54) is 0 Å². The lowest BCUT2D eigenvalue weighted by molar-refractivity contribution is 0.122. The standard InChI is InChI=1S/C16H25ClN2O3S/c1-12(2)13-5-6-14(17)15(9-13)23(20,21)19-10-16(11-22-3)7-4-8-18-16/h5-6,9,12,18-19H,4,7-8,10-11H2,1-3H3. The average molecular weight is 361 g/mol. The van der Waals surface area contributed by atoms with Crippen LogP contribution in [0.3, 0.4) is 0 Å². The number of sulfonamides is 1. The Kier molecular flexibility index (Phi) is 6.08. The lowest BCUT2D eigenvalue weighted by Crippen LogP contribution is -2.52. The molecule has 2 rings (SSSR count). The first-order chi connectivity index (χ1) is 10.8. The summed E-state index contributed by atoms with van der Waals surface area (Å²) in [6.07, 6.45) is 1.89. The largest absolute Gasteiger partial charge is 0.383 e. The Bertz CT molecular complexity index is 641. The van der Waals surface area contributed by atoms with Gasteiger partial charge in [0.2, 0.25) is 10.0 Å². The molecule has 0 spiro atoms. The molecule has 2 N–H and O–H groups in total.